The van der Waals surface area contributed by atoms with Crippen LogP contribution in [-0.4, -0.2) is 22.6 Å². The fraction of sp³-hybridized carbons (Fsp3) is 0.650. The number of carbonyl (C=O) groups is 1. The SMILES string of the molecule is Cc1ccc(OC(C)(C)C(C)(C)C(=O)NC(C)(C)C(C)(C)N)cc1. The van der Waals surface area contributed by atoms with Gasteiger partial charge in [0.25, 0.3) is 0 Å². The summed E-state index contributed by atoms with van der Waals surface area (Å²) in [5.74, 6) is 0.674. The maximum Gasteiger partial charge on any atom is 0.230 e. The maximum absolute atomic E-state index is 13.0. The smallest absolute Gasteiger partial charge is 0.230 e. The fourth-order valence-corrected chi connectivity index (χ4v) is 1.90. The van der Waals surface area contributed by atoms with Crippen molar-refractivity contribution < 1.29 is 9.53 Å². The summed E-state index contributed by atoms with van der Waals surface area (Å²) in [7, 11) is 0. The number of nitrogens with two attached hydrogens (primary N) is 1. The minimum atomic E-state index is -0.750. The van der Waals surface area contributed by atoms with Gasteiger partial charge in [-0.3, -0.25) is 4.79 Å². The van der Waals surface area contributed by atoms with E-state index in [1.54, 1.807) is 0 Å². The number of benzene rings is 1. The Bertz CT molecular complexity index is 579. The molecule has 0 unspecified atom stereocenters. The van der Waals surface area contributed by atoms with Gasteiger partial charge in [0, 0.05) is 5.54 Å². The maximum atomic E-state index is 13.0. The fourth-order valence-electron chi connectivity index (χ4n) is 1.90. The minimum absolute atomic E-state index is 0.0804. The first-order valence-corrected chi connectivity index (χ1v) is 8.47. The summed E-state index contributed by atoms with van der Waals surface area (Å²) in [4.78, 5) is 13.0. The van der Waals surface area contributed by atoms with Crippen LogP contribution in [-0.2, 0) is 4.79 Å². The van der Waals surface area contributed by atoms with Gasteiger partial charge in [0.05, 0.1) is 11.0 Å². The molecule has 1 amide bonds. The summed E-state index contributed by atoms with van der Waals surface area (Å²) in [5, 5.41) is 3.09. The Labute approximate surface area is 147 Å². The monoisotopic (exact) mass is 334 g/mol. The number of rotatable bonds is 6. The number of carbonyl (C=O) groups excluding carboxylic acids is 1. The van der Waals surface area contributed by atoms with Crippen molar-refractivity contribution in [3.63, 3.8) is 0 Å². The molecule has 0 spiro atoms. The van der Waals surface area contributed by atoms with Crippen LogP contribution < -0.4 is 15.8 Å². The summed E-state index contributed by atoms with van der Waals surface area (Å²) in [6.07, 6.45) is 0. The quantitative estimate of drug-likeness (QED) is 0.831. The molecule has 0 fully saturated rings. The van der Waals surface area contributed by atoms with Crippen LogP contribution >= 0.6 is 0 Å². The predicted octanol–water partition coefficient (Wildman–Crippen LogP) is 3.81. The second-order valence-corrected chi connectivity index (χ2v) is 8.85. The van der Waals surface area contributed by atoms with Crippen molar-refractivity contribution in [2.24, 2.45) is 11.1 Å². The Morgan fingerprint density at radius 1 is 0.958 bits per heavy atom. The zero-order valence-corrected chi connectivity index (χ0v) is 16.7. The third kappa shape index (κ3) is 4.29. The summed E-state index contributed by atoms with van der Waals surface area (Å²) in [5.41, 5.74) is 4.85. The van der Waals surface area contributed by atoms with Gasteiger partial charge >= 0.3 is 0 Å². The van der Waals surface area contributed by atoms with Crippen LogP contribution in [0.25, 0.3) is 0 Å². The van der Waals surface area contributed by atoms with Gasteiger partial charge in [-0.25, -0.2) is 0 Å². The zero-order valence-electron chi connectivity index (χ0n) is 16.7. The Balaban J connectivity index is 2.99. The van der Waals surface area contributed by atoms with Gasteiger partial charge in [-0.05, 0) is 74.4 Å². The van der Waals surface area contributed by atoms with Gasteiger partial charge < -0.3 is 15.8 Å². The second kappa shape index (κ2) is 6.40. The first-order valence-electron chi connectivity index (χ1n) is 8.47. The van der Waals surface area contributed by atoms with E-state index in [1.165, 1.54) is 5.56 Å². The van der Waals surface area contributed by atoms with Crippen LogP contribution in [0.1, 0.15) is 61.0 Å². The summed E-state index contributed by atoms with van der Waals surface area (Å²) in [6, 6.07) is 7.85. The molecule has 136 valence electrons. The lowest BCUT2D eigenvalue weighted by atomic mass is 9.74. The van der Waals surface area contributed by atoms with E-state index >= 15 is 0 Å². The third-order valence-corrected chi connectivity index (χ3v) is 5.50. The van der Waals surface area contributed by atoms with Gasteiger partial charge in [0.2, 0.25) is 5.91 Å². The first kappa shape index (κ1) is 20.5. The van der Waals surface area contributed by atoms with E-state index in [9.17, 15) is 4.79 Å². The number of hydrogen-bond acceptors (Lipinski definition) is 3. The standard InChI is InChI=1S/C20H34N2O2/c1-14-10-12-15(13-11-14)24-20(8,9)17(2,3)16(23)22-19(6,7)18(4,5)21/h10-13H,21H2,1-9H3,(H,22,23). The summed E-state index contributed by atoms with van der Waals surface area (Å²) in [6.45, 7) is 17.4. The minimum Gasteiger partial charge on any atom is -0.487 e. The van der Waals surface area contributed by atoms with Gasteiger partial charge in [0.1, 0.15) is 11.4 Å². The number of amides is 1. The first-order chi connectivity index (χ1) is 10.6. The normalized spacial score (nSPS) is 13.6. The van der Waals surface area contributed by atoms with E-state index in [1.807, 2.05) is 86.6 Å². The summed E-state index contributed by atoms with van der Waals surface area (Å²) < 4.78 is 6.15. The van der Waals surface area contributed by atoms with E-state index in [4.69, 9.17) is 10.5 Å². The summed E-state index contributed by atoms with van der Waals surface area (Å²) >= 11 is 0. The highest BCUT2D eigenvalue weighted by Crippen LogP contribution is 2.36. The van der Waals surface area contributed by atoms with Crippen molar-refractivity contribution in [3.05, 3.63) is 29.8 Å². The van der Waals surface area contributed by atoms with Crippen molar-refractivity contribution in [3.8, 4) is 5.75 Å². The highest BCUT2D eigenvalue weighted by Gasteiger charge is 2.48. The lowest BCUT2D eigenvalue weighted by Crippen LogP contribution is -2.66. The Hall–Kier alpha value is -1.55. The molecule has 0 aromatic heterocycles. The molecule has 1 rings (SSSR count). The number of ether oxygens (including phenoxy) is 1. The molecule has 24 heavy (non-hydrogen) atoms. The molecule has 0 atom stereocenters. The van der Waals surface area contributed by atoms with Crippen LogP contribution in [0.5, 0.6) is 5.75 Å². The molecule has 0 saturated carbocycles. The van der Waals surface area contributed by atoms with Crippen molar-refractivity contribution in [2.45, 2.75) is 79.0 Å². The highest BCUT2D eigenvalue weighted by molar-refractivity contribution is 5.84. The zero-order chi connectivity index (χ0) is 19.0. The molecule has 4 nitrogen and oxygen atoms in total. The Morgan fingerprint density at radius 2 is 1.42 bits per heavy atom. The molecular weight excluding hydrogens is 300 g/mol. The molecule has 0 saturated heterocycles. The second-order valence-electron chi connectivity index (χ2n) is 8.85. The molecule has 0 aliphatic heterocycles. The molecule has 3 N–H and O–H groups in total. The molecular formula is C20H34N2O2. The Kier molecular flexibility index (Phi) is 5.46. The molecule has 0 heterocycles. The third-order valence-electron chi connectivity index (χ3n) is 5.50. The van der Waals surface area contributed by atoms with E-state index in [0.29, 0.717) is 0 Å². The molecule has 0 aliphatic carbocycles. The average Bonchev–Trinajstić information content (AvgIpc) is 2.39. The number of nitrogens with one attached hydrogen (secondary N) is 1. The largest absolute Gasteiger partial charge is 0.487 e. The lowest BCUT2D eigenvalue weighted by Gasteiger charge is -2.45. The van der Waals surface area contributed by atoms with Gasteiger partial charge in [-0.15, -0.1) is 0 Å². The van der Waals surface area contributed by atoms with E-state index in [0.717, 1.165) is 5.75 Å². The average molecular weight is 335 g/mol. The molecule has 0 aliphatic rings. The molecule has 4 heteroatoms. The van der Waals surface area contributed by atoms with Crippen molar-refractivity contribution in [1.29, 1.82) is 0 Å². The van der Waals surface area contributed by atoms with Crippen LogP contribution in [0, 0.1) is 12.3 Å². The van der Waals surface area contributed by atoms with Crippen molar-refractivity contribution in [1.82, 2.24) is 5.32 Å². The topological polar surface area (TPSA) is 64.3 Å². The molecule has 1 aromatic rings. The van der Waals surface area contributed by atoms with Crippen LogP contribution in [0.3, 0.4) is 0 Å². The predicted molar refractivity (Wildman–Crippen MR) is 100 cm³/mol. The van der Waals surface area contributed by atoms with Crippen molar-refractivity contribution >= 4 is 5.91 Å². The van der Waals surface area contributed by atoms with E-state index in [-0.39, 0.29) is 5.91 Å². The molecule has 0 radical (unpaired) electrons. The van der Waals surface area contributed by atoms with E-state index < -0.39 is 22.1 Å². The van der Waals surface area contributed by atoms with Crippen LogP contribution in [0.15, 0.2) is 24.3 Å². The molecule has 0 bridgehead atoms. The van der Waals surface area contributed by atoms with Gasteiger partial charge in [-0.2, -0.15) is 0 Å². The van der Waals surface area contributed by atoms with Gasteiger partial charge in [-0.1, -0.05) is 17.7 Å². The molecule has 1 aromatic carbocycles. The van der Waals surface area contributed by atoms with Crippen LogP contribution in [0.2, 0.25) is 0 Å². The number of hydrogen-bond donors (Lipinski definition) is 2. The van der Waals surface area contributed by atoms with Crippen LogP contribution in [0.4, 0.5) is 0 Å². The number of aryl methyl sites for hydroxylation is 1. The van der Waals surface area contributed by atoms with Gasteiger partial charge in [0.15, 0.2) is 0 Å². The highest BCUT2D eigenvalue weighted by atomic mass is 16.5. The lowest BCUT2D eigenvalue weighted by molar-refractivity contribution is -0.142. The Morgan fingerprint density at radius 3 is 1.83 bits per heavy atom. The van der Waals surface area contributed by atoms with E-state index in [2.05, 4.69) is 5.32 Å². The van der Waals surface area contributed by atoms with Crippen molar-refractivity contribution in [2.75, 3.05) is 0 Å².